The first-order valence-corrected chi connectivity index (χ1v) is 11.5. The molecule has 0 bridgehead atoms. The summed E-state index contributed by atoms with van der Waals surface area (Å²) in [6, 6.07) is 2.76. The van der Waals surface area contributed by atoms with E-state index in [1.165, 1.54) is 0 Å². The average Bonchev–Trinajstić information content (AvgIpc) is 3.60. The van der Waals surface area contributed by atoms with Crippen molar-refractivity contribution in [2.45, 2.75) is 30.3 Å². The van der Waals surface area contributed by atoms with Crippen molar-refractivity contribution in [1.29, 1.82) is 0 Å². The van der Waals surface area contributed by atoms with E-state index in [9.17, 15) is 30.4 Å². The molecule has 2 aromatic rings. The number of benzene rings is 1. The van der Waals surface area contributed by atoms with Gasteiger partial charge in [-0.15, -0.1) is 0 Å². The lowest BCUT2D eigenvalue weighted by Gasteiger charge is -2.33. The van der Waals surface area contributed by atoms with E-state index in [0.29, 0.717) is 18.5 Å². The van der Waals surface area contributed by atoms with E-state index in [1.54, 1.807) is 18.3 Å². The van der Waals surface area contributed by atoms with Crippen LogP contribution in [0.1, 0.15) is 18.5 Å². The van der Waals surface area contributed by atoms with Gasteiger partial charge in [-0.3, -0.25) is 4.98 Å². The molecule has 0 N–H and O–H groups in total. The van der Waals surface area contributed by atoms with Crippen molar-refractivity contribution in [3.8, 4) is 0 Å². The Bertz CT molecular complexity index is 1090. The molecule has 2 heterocycles. The molecular weight excluding hydrogens is 455 g/mol. The fourth-order valence-corrected chi connectivity index (χ4v) is 5.40. The molecule has 0 radical (unpaired) electrons. The van der Waals surface area contributed by atoms with Gasteiger partial charge in [-0.1, -0.05) is 0 Å². The van der Waals surface area contributed by atoms with Gasteiger partial charge in [0.2, 0.25) is 15.8 Å². The lowest BCUT2D eigenvalue weighted by atomic mass is 10.2. The minimum absolute atomic E-state index is 0.294. The third-order valence-corrected chi connectivity index (χ3v) is 7.60. The highest BCUT2D eigenvalue weighted by Gasteiger charge is 2.43. The molecule has 1 aliphatic heterocycles. The van der Waals surface area contributed by atoms with Gasteiger partial charge in [0.05, 0.1) is 24.1 Å². The molecule has 0 amide bonds. The Labute approximate surface area is 182 Å². The second-order valence-electron chi connectivity index (χ2n) is 7.98. The van der Waals surface area contributed by atoms with Gasteiger partial charge in [-0.25, -0.2) is 30.4 Å². The molecule has 1 saturated carbocycles. The first kappa shape index (κ1) is 22.9. The highest BCUT2D eigenvalue weighted by Crippen LogP contribution is 2.36. The van der Waals surface area contributed by atoms with Crippen molar-refractivity contribution in [3.05, 3.63) is 53.1 Å². The zero-order chi connectivity index (χ0) is 23.2. The summed E-state index contributed by atoms with van der Waals surface area (Å²) >= 11 is 0. The number of rotatable bonds is 6. The quantitative estimate of drug-likeness (QED) is 0.365. The Morgan fingerprint density at radius 1 is 0.938 bits per heavy atom. The second-order valence-corrected chi connectivity index (χ2v) is 9.81. The Morgan fingerprint density at radius 3 is 2.00 bits per heavy atom. The van der Waals surface area contributed by atoms with Crippen LogP contribution < -0.4 is 4.90 Å². The molecule has 4 rings (SSSR count). The summed E-state index contributed by atoms with van der Waals surface area (Å²) in [5, 5.41) is 0. The Morgan fingerprint density at radius 2 is 1.50 bits per heavy atom. The summed E-state index contributed by atoms with van der Waals surface area (Å²) in [4.78, 5) is 6.75. The van der Waals surface area contributed by atoms with Crippen molar-refractivity contribution in [1.82, 2.24) is 14.2 Å². The number of pyridine rings is 1. The minimum atomic E-state index is -5.02. The van der Waals surface area contributed by atoms with Gasteiger partial charge >= 0.3 is 0 Å². The molecule has 1 saturated heterocycles. The molecule has 0 unspecified atom stereocenters. The van der Waals surface area contributed by atoms with Gasteiger partial charge in [0.15, 0.2) is 28.2 Å². The Kier molecular flexibility index (Phi) is 6.12. The average molecular weight is 476 g/mol. The van der Waals surface area contributed by atoms with Crippen LogP contribution in [0.25, 0.3) is 0 Å². The molecule has 1 aromatic carbocycles. The maximum atomic E-state index is 14.2. The number of likely N-dealkylation sites (N-methyl/N-ethyl adjacent to an activating group) is 1. The number of anilines is 1. The van der Waals surface area contributed by atoms with Crippen LogP contribution in [0.4, 0.5) is 27.6 Å². The zero-order valence-corrected chi connectivity index (χ0v) is 18.0. The summed E-state index contributed by atoms with van der Waals surface area (Å²) in [6.07, 6.45) is 2.40. The maximum Gasteiger partial charge on any atom is 0.249 e. The molecule has 6 nitrogen and oxygen atoms in total. The van der Waals surface area contributed by atoms with E-state index in [0.717, 1.165) is 36.2 Å². The summed E-state index contributed by atoms with van der Waals surface area (Å²) in [5.41, 5.74) is 1.14. The van der Waals surface area contributed by atoms with Crippen LogP contribution in [-0.2, 0) is 16.6 Å². The van der Waals surface area contributed by atoms with Gasteiger partial charge in [-0.05, 0) is 32.0 Å². The van der Waals surface area contributed by atoms with Gasteiger partial charge in [-0.2, -0.15) is 4.31 Å². The fourth-order valence-electron chi connectivity index (χ4n) is 3.62. The molecular formula is C20H21F5N4O2S. The van der Waals surface area contributed by atoms with Crippen molar-refractivity contribution in [2.24, 2.45) is 0 Å². The highest BCUT2D eigenvalue weighted by atomic mass is 32.2. The third kappa shape index (κ3) is 4.18. The van der Waals surface area contributed by atoms with Crippen LogP contribution in [0.2, 0.25) is 0 Å². The van der Waals surface area contributed by atoms with E-state index in [4.69, 9.17) is 0 Å². The molecule has 0 spiro atoms. The molecule has 1 aliphatic carbocycles. The van der Waals surface area contributed by atoms with Crippen LogP contribution >= 0.6 is 0 Å². The van der Waals surface area contributed by atoms with Crippen LogP contribution in [0.5, 0.6) is 0 Å². The van der Waals surface area contributed by atoms with Crippen LogP contribution in [0, 0.1) is 29.1 Å². The monoisotopic (exact) mass is 476 g/mol. The number of hydrogen-bond donors (Lipinski definition) is 0. The van der Waals surface area contributed by atoms with Crippen molar-refractivity contribution >= 4 is 15.7 Å². The van der Waals surface area contributed by atoms with Crippen molar-refractivity contribution < 1.29 is 30.4 Å². The second kappa shape index (κ2) is 8.56. The SMILES string of the molecule is CN1CCN(c2ccc(CN(C3CC3)S(=O)(=O)c3c(F)c(F)c(F)c(F)c3F)nc2)CC1. The van der Waals surface area contributed by atoms with E-state index < -0.39 is 50.0 Å². The maximum absolute atomic E-state index is 14.2. The van der Waals surface area contributed by atoms with Gasteiger partial charge in [0.1, 0.15) is 0 Å². The lowest BCUT2D eigenvalue weighted by molar-refractivity contribution is 0.312. The van der Waals surface area contributed by atoms with E-state index in [2.05, 4.69) is 14.8 Å². The number of halogens is 5. The Balaban J connectivity index is 1.61. The molecule has 2 fully saturated rings. The summed E-state index contributed by atoms with van der Waals surface area (Å²) in [5.74, 6) is -11.7. The first-order valence-electron chi connectivity index (χ1n) is 10.0. The predicted octanol–water partition coefficient (Wildman–Crippen LogP) is 2.88. The topological polar surface area (TPSA) is 56.8 Å². The first-order chi connectivity index (χ1) is 15.1. The zero-order valence-electron chi connectivity index (χ0n) is 17.2. The lowest BCUT2D eigenvalue weighted by Crippen LogP contribution is -2.44. The van der Waals surface area contributed by atoms with Crippen LogP contribution in [0.15, 0.2) is 23.2 Å². The summed E-state index contributed by atoms with van der Waals surface area (Å²) in [6.45, 7) is 3.03. The number of hydrogen-bond acceptors (Lipinski definition) is 5. The molecule has 2 aliphatic rings. The molecule has 174 valence electrons. The Hall–Kier alpha value is -2.31. The van der Waals surface area contributed by atoms with Crippen LogP contribution in [0.3, 0.4) is 0 Å². The van der Waals surface area contributed by atoms with Crippen molar-refractivity contribution in [3.63, 3.8) is 0 Å². The predicted molar refractivity (Wildman–Crippen MR) is 106 cm³/mol. The molecule has 12 heteroatoms. The summed E-state index contributed by atoms with van der Waals surface area (Å²) in [7, 11) is -2.99. The van der Waals surface area contributed by atoms with Crippen LogP contribution in [-0.4, -0.2) is 61.9 Å². The molecule has 32 heavy (non-hydrogen) atoms. The number of aromatic nitrogens is 1. The molecule has 0 atom stereocenters. The van der Waals surface area contributed by atoms with Gasteiger partial charge in [0, 0.05) is 32.2 Å². The fraction of sp³-hybridized carbons (Fsp3) is 0.450. The van der Waals surface area contributed by atoms with Gasteiger partial charge in [0.25, 0.3) is 0 Å². The van der Waals surface area contributed by atoms with E-state index >= 15 is 0 Å². The smallest absolute Gasteiger partial charge is 0.249 e. The van der Waals surface area contributed by atoms with Crippen molar-refractivity contribution in [2.75, 3.05) is 38.1 Å². The van der Waals surface area contributed by atoms with Gasteiger partial charge < -0.3 is 9.80 Å². The highest BCUT2D eigenvalue weighted by molar-refractivity contribution is 7.89. The minimum Gasteiger partial charge on any atom is -0.368 e. The number of sulfonamides is 1. The van der Waals surface area contributed by atoms with E-state index in [1.807, 2.05) is 7.05 Å². The largest absolute Gasteiger partial charge is 0.368 e. The normalized spacial score (nSPS) is 17.9. The summed E-state index contributed by atoms with van der Waals surface area (Å²) < 4.78 is 95.7. The standard InChI is InChI=1S/C20H21F5N4O2S/c1-27-6-8-28(9-7-27)14-3-2-12(26-10-14)11-29(13-4-5-13)32(30,31)20-18(24)16(22)15(21)17(23)19(20)25/h2-3,10,13H,4-9,11H2,1H3. The third-order valence-electron chi connectivity index (χ3n) is 5.69. The molecule has 1 aromatic heterocycles. The number of piperazine rings is 1. The number of nitrogens with zero attached hydrogens (tertiary/aromatic N) is 4. The van der Waals surface area contributed by atoms with E-state index in [-0.39, 0.29) is 6.54 Å².